The molecule has 5 nitrogen and oxygen atoms in total. The van der Waals surface area contributed by atoms with Crippen LogP contribution in [0.1, 0.15) is 17.5 Å². The monoisotopic (exact) mass is 340 g/mol. The largest absolute Gasteiger partial charge is 0.496 e. The number of carbonyl (C=O) groups excluding carboxylic acids is 2. The van der Waals surface area contributed by atoms with Gasteiger partial charge in [0, 0.05) is 13.1 Å². The number of methoxy groups -OCH3 is 1. The third-order valence-electron chi connectivity index (χ3n) is 3.81. The standard InChI is InChI=1S/C20H24N2O3/c1-25-18-10-6-5-9-17(18)12-14-22-20(24)15-19(23)21-13-11-16-7-3-2-4-8-16/h2-10H,11-15H2,1H3,(H,21,23)(H,22,24). The first-order valence-electron chi connectivity index (χ1n) is 8.38. The topological polar surface area (TPSA) is 67.4 Å². The molecular weight excluding hydrogens is 316 g/mol. The van der Waals surface area contributed by atoms with E-state index < -0.39 is 0 Å². The maximum atomic E-state index is 11.8. The zero-order valence-corrected chi connectivity index (χ0v) is 14.5. The van der Waals surface area contributed by atoms with Crippen LogP contribution in [0, 0.1) is 0 Å². The zero-order valence-electron chi connectivity index (χ0n) is 14.5. The predicted molar refractivity (Wildman–Crippen MR) is 97.5 cm³/mol. The van der Waals surface area contributed by atoms with Gasteiger partial charge in [-0.3, -0.25) is 9.59 Å². The van der Waals surface area contributed by atoms with E-state index in [-0.39, 0.29) is 18.2 Å². The maximum Gasteiger partial charge on any atom is 0.229 e. The van der Waals surface area contributed by atoms with E-state index in [1.54, 1.807) is 7.11 Å². The molecule has 0 spiro atoms. The van der Waals surface area contributed by atoms with Crippen LogP contribution in [0.25, 0.3) is 0 Å². The molecule has 0 unspecified atom stereocenters. The number of amides is 2. The minimum Gasteiger partial charge on any atom is -0.496 e. The van der Waals surface area contributed by atoms with Crippen molar-refractivity contribution in [2.24, 2.45) is 0 Å². The Hall–Kier alpha value is -2.82. The highest BCUT2D eigenvalue weighted by Crippen LogP contribution is 2.17. The van der Waals surface area contributed by atoms with Crippen LogP contribution in [-0.4, -0.2) is 32.0 Å². The lowest BCUT2D eigenvalue weighted by Gasteiger charge is -2.09. The van der Waals surface area contributed by atoms with Gasteiger partial charge in [-0.1, -0.05) is 48.5 Å². The minimum absolute atomic E-state index is 0.152. The van der Waals surface area contributed by atoms with Crippen molar-refractivity contribution in [2.45, 2.75) is 19.3 Å². The van der Waals surface area contributed by atoms with Crippen LogP contribution >= 0.6 is 0 Å². The summed E-state index contributed by atoms with van der Waals surface area (Å²) in [4.78, 5) is 23.6. The molecule has 0 saturated heterocycles. The van der Waals surface area contributed by atoms with Gasteiger partial charge in [0.25, 0.3) is 0 Å². The molecule has 0 heterocycles. The van der Waals surface area contributed by atoms with Crippen molar-refractivity contribution < 1.29 is 14.3 Å². The van der Waals surface area contributed by atoms with Crippen molar-refractivity contribution in [1.82, 2.24) is 10.6 Å². The minimum atomic E-state index is -0.271. The lowest BCUT2D eigenvalue weighted by molar-refractivity contribution is -0.129. The van der Waals surface area contributed by atoms with Crippen LogP contribution in [0.2, 0.25) is 0 Å². The normalized spacial score (nSPS) is 10.1. The predicted octanol–water partition coefficient (Wildman–Crippen LogP) is 2.10. The molecule has 132 valence electrons. The highest BCUT2D eigenvalue weighted by atomic mass is 16.5. The van der Waals surface area contributed by atoms with Crippen LogP contribution < -0.4 is 15.4 Å². The van der Waals surface area contributed by atoms with Crippen LogP contribution in [0.15, 0.2) is 54.6 Å². The lowest BCUT2D eigenvalue weighted by Crippen LogP contribution is -2.33. The summed E-state index contributed by atoms with van der Waals surface area (Å²) in [5.41, 5.74) is 2.18. The number of hydrogen-bond donors (Lipinski definition) is 2. The van der Waals surface area contributed by atoms with E-state index in [9.17, 15) is 9.59 Å². The molecule has 0 aliphatic carbocycles. The summed E-state index contributed by atoms with van der Waals surface area (Å²) in [5, 5.41) is 5.53. The van der Waals surface area contributed by atoms with Gasteiger partial charge in [-0.15, -0.1) is 0 Å². The van der Waals surface area contributed by atoms with Crippen molar-refractivity contribution in [2.75, 3.05) is 20.2 Å². The number of carbonyl (C=O) groups is 2. The lowest BCUT2D eigenvalue weighted by atomic mass is 10.1. The van der Waals surface area contributed by atoms with Crippen molar-refractivity contribution in [3.05, 3.63) is 65.7 Å². The Labute approximate surface area is 148 Å². The highest BCUT2D eigenvalue weighted by molar-refractivity contribution is 5.96. The van der Waals surface area contributed by atoms with Gasteiger partial charge < -0.3 is 15.4 Å². The first-order chi connectivity index (χ1) is 12.2. The van der Waals surface area contributed by atoms with Crippen LogP contribution in [0.5, 0.6) is 5.75 Å². The Kier molecular flexibility index (Phi) is 7.50. The molecule has 0 aliphatic heterocycles. The van der Waals surface area contributed by atoms with Gasteiger partial charge in [0.1, 0.15) is 12.2 Å². The number of para-hydroxylation sites is 1. The summed E-state index contributed by atoms with van der Waals surface area (Å²) in [6, 6.07) is 17.6. The second-order valence-electron chi connectivity index (χ2n) is 5.67. The molecule has 2 aromatic carbocycles. The summed E-state index contributed by atoms with van der Waals surface area (Å²) in [6.07, 6.45) is 1.26. The third-order valence-corrected chi connectivity index (χ3v) is 3.81. The number of ether oxygens (including phenoxy) is 1. The highest BCUT2D eigenvalue weighted by Gasteiger charge is 2.09. The Balaban J connectivity index is 1.63. The summed E-state index contributed by atoms with van der Waals surface area (Å²) >= 11 is 0. The molecule has 25 heavy (non-hydrogen) atoms. The third kappa shape index (κ3) is 6.67. The molecule has 2 N–H and O–H groups in total. The number of hydrogen-bond acceptors (Lipinski definition) is 3. The van der Waals surface area contributed by atoms with E-state index in [4.69, 9.17) is 4.74 Å². The van der Waals surface area contributed by atoms with E-state index in [2.05, 4.69) is 10.6 Å². The fraction of sp³-hybridized carbons (Fsp3) is 0.300. The Morgan fingerprint density at radius 1 is 0.840 bits per heavy atom. The van der Waals surface area contributed by atoms with Crippen molar-refractivity contribution in [1.29, 1.82) is 0 Å². The second kappa shape index (κ2) is 10.1. The Morgan fingerprint density at radius 2 is 1.44 bits per heavy atom. The Morgan fingerprint density at radius 3 is 2.12 bits per heavy atom. The smallest absolute Gasteiger partial charge is 0.229 e. The molecule has 2 rings (SSSR count). The van der Waals surface area contributed by atoms with Gasteiger partial charge in [-0.2, -0.15) is 0 Å². The molecule has 0 aromatic heterocycles. The van der Waals surface area contributed by atoms with Crippen LogP contribution in [-0.2, 0) is 22.4 Å². The van der Waals surface area contributed by atoms with E-state index in [0.29, 0.717) is 19.5 Å². The second-order valence-corrected chi connectivity index (χ2v) is 5.67. The summed E-state index contributed by atoms with van der Waals surface area (Å²) < 4.78 is 5.27. The van der Waals surface area contributed by atoms with Gasteiger partial charge in [0.05, 0.1) is 7.11 Å². The maximum absolute atomic E-state index is 11.8. The molecule has 2 aromatic rings. The molecular formula is C20H24N2O3. The SMILES string of the molecule is COc1ccccc1CCNC(=O)CC(=O)NCCc1ccccc1. The summed E-state index contributed by atoms with van der Waals surface area (Å²) in [7, 11) is 1.62. The van der Waals surface area contributed by atoms with Crippen molar-refractivity contribution in [3.8, 4) is 5.75 Å². The van der Waals surface area contributed by atoms with E-state index in [1.807, 2.05) is 54.6 Å². The zero-order chi connectivity index (χ0) is 17.9. The van der Waals surface area contributed by atoms with E-state index in [0.717, 1.165) is 23.3 Å². The molecule has 2 amide bonds. The molecule has 0 radical (unpaired) electrons. The molecule has 0 aliphatic rings. The molecule has 5 heteroatoms. The molecule has 0 fully saturated rings. The van der Waals surface area contributed by atoms with Gasteiger partial charge in [-0.25, -0.2) is 0 Å². The number of benzene rings is 2. The van der Waals surface area contributed by atoms with Gasteiger partial charge in [0.2, 0.25) is 11.8 Å². The molecule has 0 bridgehead atoms. The average molecular weight is 340 g/mol. The van der Waals surface area contributed by atoms with Gasteiger partial charge in [-0.05, 0) is 30.0 Å². The van der Waals surface area contributed by atoms with E-state index >= 15 is 0 Å². The first-order valence-corrected chi connectivity index (χ1v) is 8.38. The van der Waals surface area contributed by atoms with E-state index in [1.165, 1.54) is 0 Å². The fourth-order valence-corrected chi connectivity index (χ4v) is 2.51. The average Bonchev–Trinajstić information content (AvgIpc) is 2.63. The Bertz CT molecular complexity index is 686. The summed E-state index contributed by atoms with van der Waals surface area (Å²) in [6.45, 7) is 0.994. The number of rotatable bonds is 9. The van der Waals surface area contributed by atoms with Crippen LogP contribution in [0.4, 0.5) is 0 Å². The molecule has 0 atom stereocenters. The van der Waals surface area contributed by atoms with Crippen LogP contribution in [0.3, 0.4) is 0 Å². The molecule has 0 saturated carbocycles. The van der Waals surface area contributed by atoms with Gasteiger partial charge >= 0.3 is 0 Å². The quantitative estimate of drug-likeness (QED) is 0.687. The first kappa shape index (κ1) is 18.5. The van der Waals surface area contributed by atoms with Crippen molar-refractivity contribution in [3.63, 3.8) is 0 Å². The summed E-state index contributed by atoms with van der Waals surface area (Å²) in [5.74, 6) is 0.272. The number of nitrogens with one attached hydrogen (secondary N) is 2. The fourth-order valence-electron chi connectivity index (χ4n) is 2.51. The van der Waals surface area contributed by atoms with Gasteiger partial charge in [0.15, 0.2) is 0 Å². The van der Waals surface area contributed by atoms with Crippen molar-refractivity contribution >= 4 is 11.8 Å².